The summed E-state index contributed by atoms with van der Waals surface area (Å²) in [6, 6.07) is 1.51. The van der Waals surface area contributed by atoms with Crippen molar-refractivity contribution >= 4 is 0 Å². The first-order valence-electron chi connectivity index (χ1n) is 7.45. The van der Waals surface area contributed by atoms with Gasteiger partial charge in [-0.2, -0.15) is 4.98 Å². The highest BCUT2D eigenvalue weighted by Crippen LogP contribution is 2.35. The van der Waals surface area contributed by atoms with Crippen molar-refractivity contribution in [2.24, 2.45) is 5.92 Å². The molecule has 1 aliphatic carbocycles. The standard InChI is InChI=1S/C14H21N3O/c1-2-10(3-1)14-16-13(18-17-14)8-9-6-11-4-5-12(7-9)15-11/h9-12,15H,1-8H2. The molecule has 3 fully saturated rings. The molecule has 1 aromatic heterocycles. The molecule has 4 rings (SSSR count). The van der Waals surface area contributed by atoms with Gasteiger partial charge in [0.15, 0.2) is 5.82 Å². The maximum atomic E-state index is 5.43. The summed E-state index contributed by atoms with van der Waals surface area (Å²) in [5, 5.41) is 7.84. The fourth-order valence-corrected chi connectivity index (χ4v) is 3.77. The Kier molecular flexibility index (Phi) is 2.64. The molecule has 0 amide bonds. The first-order chi connectivity index (χ1) is 8.87. The fraction of sp³-hybridized carbons (Fsp3) is 0.857. The minimum Gasteiger partial charge on any atom is -0.339 e. The molecule has 98 valence electrons. The number of fused-ring (bicyclic) bond motifs is 2. The van der Waals surface area contributed by atoms with Crippen molar-refractivity contribution in [1.82, 2.24) is 15.5 Å². The maximum Gasteiger partial charge on any atom is 0.226 e. The number of piperidine rings is 1. The quantitative estimate of drug-likeness (QED) is 0.891. The van der Waals surface area contributed by atoms with Crippen LogP contribution in [0.4, 0.5) is 0 Å². The highest BCUT2D eigenvalue weighted by atomic mass is 16.5. The Labute approximate surface area is 108 Å². The van der Waals surface area contributed by atoms with Crippen LogP contribution in [-0.2, 0) is 6.42 Å². The van der Waals surface area contributed by atoms with E-state index in [2.05, 4.69) is 15.5 Å². The van der Waals surface area contributed by atoms with Crippen molar-refractivity contribution in [3.05, 3.63) is 11.7 Å². The summed E-state index contributed by atoms with van der Waals surface area (Å²) in [5.74, 6) is 3.18. The zero-order valence-electron chi connectivity index (χ0n) is 10.8. The van der Waals surface area contributed by atoms with E-state index in [1.54, 1.807) is 0 Å². The van der Waals surface area contributed by atoms with Gasteiger partial charge in [-0.1, -0.05) is 11.6 Å². The van der Waals surface area contributed by atoms with Gasteiger partial charge in [-0.3, -0.25) is 0 Å². The van der Waals surface area contributed by atoms with Crippen LogP contribution in [0, 0.1) is 5.92 Å². The first kappa shape index (κ1) is 11.0. The molecule has 2 aliphatic heterocycles. The minimum atomic E-state index is 0.590. The van der Waals surface area contributed by atoms with Crippen LogP contribution in [0.2, 0.25) is 0 Å². The zero-order valence-corrected chi connectivity index (χ0v) is 10.8. The number of nitrogens with one attached hydrogen (secondary N) is 1. The predicted molar refractivity (Wildman–Crippen MR) is 67.3 cm³/mol. The van der Waals surface area contributed by atoms with Crippen molar-refractivity contribution in [2.45, 2.75) is 69.4 Å². The molecule has 1 saturated carbocycles. The molecule has 0 radical (unpaired) electrons. The van der Waals surface area contributed by atoms with Crippen molar-refractivity contribution in [3.8, 4) is 0 Å². The Balaban J connectivity index is 1.40. The molecular weight excluding hydrogens is 226 g/mol. The van der Waals surface area contributed by atoms with E-state index in [1.165, 1.54) is 44.9 Å². The van der Waals surface area contributed by atoms with Gasteiger partial charge in [-0.15, -0.1) is 0 Å². The topological polar surface area (TPSA) is 51.0 Å². The summed E-state index contributed by atoms with van der Waals surface area (Å²) < 4.78 is 5.43. The highest BCUT2D eigenvalue weighted by molar-refractivity contribution is 5.01. The lowest BCUT2D eigenvalue weighted by molar-refractivity contribution is 0.269. The Hall–Kier alpha value is -0.900. The lowest BCUT2D eigenvalue weighted by Crippen LogP contribution is -2.38. The molecule has 1 N–H and O–H groups in total. The molecule has 4 nitrogen and oxygen atoms in total. The van der Waals surface area contributed by atoms with Crippen molar-refractivity contribution in [2.75, 3.05) is 0 Å². The molecule has 2 bridgehead atoms. The second-order valence-corrected chi connectivity index (χ2v) is 6.35. The van der Waals surface area contributed by atoms with Gasteiger partial charge in [0.2, 0.25) is 5.89 Å². The van der Waals surface area contributed by atoms with Crippen molar-refractivity contribution in [3.63, 3.8) is 0 Å². The van der Waals surface area contributed by atoms with E-state index in [9.17, 15) is 0 Å². The highest BCUT2D eigenvalue weighted by Gasteiger charge is 2.34. The molecular formula is C14H21N3O. The van der Waals surface area contributed by atoms with Gasteiger partial charge in [0, 0.05) is 24.4 Å². The van der Waals surface area contributed by atoms with Crippen LogP contribution in [0.3, 0.4) is 0 Å². The molecule has 0 aromatic carbocycles. The second-order valence-electron chi connectivity index (χ2n) is 6.35. The van der Waals surface area contributed by atoms with E-state index >= 15 is 0 Å². The van der Waals surface area contributed by atoms with Gasteiger partial charge in [0.05, 0.1) is 0 Å². The Morgan fingerprint density at radius 3 is 2.56 bits per heavy atom. The number of hydrogen-bond donors (Lipinski definition) is 1. The third-order valence-electron chi connectivity index (χ3n) is 4.99. The first-order valence-corrected chi connectivity index (χ1v) is 7.45. The van der Waals surface area contributed by atoms with Crippen LogP contribution < -0.4 is 5.32 Å². The molecule has 2 unspecified atom stereocenters. The molecule has 1 aromatic rings. The SMILES string of the molecule is C1CC(c2noc(CC3CC4CCC(C3)N4)n2)C1. The van der Waals surface area contributed by atoms with Gasteiger partial charge >= 0.3 is 0 Å². The lowest BCUT2D eigenvalue weighted by atomic mass is 9.85. The number of nitrogens with zero attached hydrogens (tertiary/aromatic N) is 2. The number of hydrogen-bond acceptors (Lipinski definition) is 4. The molecule has 3 heterocycles. The summed E-state index contributed by atoms with van der Waals surface area (Å²) >= 11 is 0. The predicted octanol–water partition coefficient (Wildman–Crippen LogP) is 2.41. The van der Waals surface area contributed by atoms with Crippen LogP contribution in [0.5, 0.6) is 0 Å². The van der Waals surface area contributed by atoms with Crippen LogP contribution >= 0.6 is 0 Å². The maximum absolute atomic E-state index is 5.43. The Morgan fingerprint density at radius 2 is 1.89 bits per heavy atom. The molecule has 0 spiro atoms. The van der Waals surface area contributed by atoms with Gasteiger partial charge in [0.1, 0.15) is 0 Å². The molecule has 2 saturated heterocycles. The average Bonchev–Trinajstić information content (AvgIpc) is 2.84. The molecule has 18 heavy (non-hydrogen) atoms. The van der Waals surface area contributed by atoms with E-state index in [-0.39, 0.29) is 0 Å². The lowest BCUT2D eigenvalue weighted by Gasteiger charge is -2.28. The molecule has 4 heteroatoms. The van der Waals surface area contributed by atoms with Gasteiger partial charge in [-0.05, 0) is 44.4 Å². The van der Waals surface area contributed by atoms with E-state index in [0.717, 1.165) is 36.1 Å². The number of aromatic nitrogens is 2. The van der Waals surface area contributed by atoms with Crippen LogP contribution in [0.25, 0.3) is 0 Å². The second kappa shape index (κ2) is 4.34. The monoisotopic (exact) mass is 247 g/mol. The van der Waals surface area contributed by atoms with E-state index in [1.807, 2.05) is 0 Å². The van der Waals surface area contributed by atoms with Crippen LogP contribution in [0.1, 0.15) is 62.6 Å². The number of rotatable bonds is 3. The summed E-state index contributed by atoms with van der Waals surface area (Å²) in [5.41, 5.74) is 0. The van der Waals surface area contributed by atoms with E-state index in [0.29, 0.717) is 5.92 Å². The van der Waals surface area contributed by atoms with Gasteiger partial charge in [0.25, 0.3) is 0 Å². The Bertz CT molecular complexity index is 414. The summed E-state index contributed by atoms with van der Waals surface area (Å²) in [6.07, 6.45) is 10.1. The third kappa shape index (κ3) is 1.96. The van der Waals surface area contributed by atoms with Crippen molar-refractivity contribution < 1.29 is 4.52 Å². The normalized spacial score (nSPS) is 35.7. The fourth-order valence-electron chi connectivity index (χ4n) is 3.77. The van der Waals surface area contributed by atoms with Crippen LogP contribution in [-0.4, -0.2) is 22.2 Å². The van der Waals surface area contributed by atoms with Crippen molar-refractivity contribution in [1.29, 1.82) is 0 Å². The van der Waals surface area contributed by atoms with Gasteiger partial charge in [-0.25, -0.2) is 0 Å². The summed E-state index contributed by atoms with van der Waals surface area (Å²) in [4.78, 5) is 4.60. The minimum absolute atomic E-state index is 0.590. The Morgan fingerprint density at radius 1 is 1.11 bits per heavy atom. The molecule has 3 aliphatic rings. The van der Waals surface area contributed by atoms with E-state index in [4.69, 9.17) is 4.52 Å². The summed E-state index contributed by atoms with van der Waals surface area (Å²) in [7, 11) is 0. The van der Waals surface area contributed by atoms with Gasteiger partial charge < -0.3 is 9.84 Å². The zero-order chi connectivity index (χ0) is 11.9. The average molecular weight is 247 g/mol. The molecule has 2 atom stereocenters. The largest absolute Gasteiger partial charge is 0.339 e. The smallest absolute Gasteiger partial charge is 0.226 e. The third-order valence-corrected chi connectivity index (χ3v) is 4.99. The van der Waals surface area contributed by atoms with E-state index < -0.39 is 0 Å². The summed E-state index contributed by atoms with van der Waals surface area (Å²) in [6.45, 7) is 0. The van der Waals surface area contributed by atoms with Crippen LogP contribution in [0.15, 0.2) is 4.52 Å².